The van der Waals surface area contributed by atoms with Crippen LogP contribution in [0.5, 0.6) is 5.75 Å². The average Bonchev–Trinajstić information content (AvgIpc) is 2.28. The summed E-state index contributed by atoms with van der Waals surface area (Å²) < 4.78 is 0. The van der Waals surface area contributed by atoms with Crippen molar-refractivity contribution in [3.05, 3.63) is 29.8 Å². The van der Waals surface area contributed by atoms with Crippen molar-refractivity contribution in [1.29, 1.82) is 0 Å². The number of benzene rings is 1. The van der Waals surface area contributed by atoms with Crippen LogP contribution in [0.4, 0.5) is 0 Å². The molecule has 0 saturated heterocycles. The summed E-state index contributed by atoms with van der Waals surface area (Å²) in [6, 6.07) is 5.99. The number of nitrogens with one attached hydrogen (secondary N) is 1. The number of amides is 1. The first kappa shape index (κ1) is 14.0. The van der Waals surface area contributed by atoms with Gasteiger partial charge in [-0.2, -0.15) is 0 Å². The number of rotatable bonds is 5. The summed E-state index contributed by atoms with van der Waals surface area (Å²) in [5.41, 5.74) is -0.519. The molecule has 0 saturated carbocycles. The van der Waals surface area contributed by atoms with Gasteiger partial charge in [0, 0.05) is 12.1 Å². The molecular weight excluding hydrogens is 234 g/mol. The van der Waals surface area contributed by atoms with Gasteiger partial charge in [-0.15, -0.1) is 0 Å². The Morgan fingerprint density at radius 3 is 2.56 bits per heavy atom. The standard InChI is InChI=1S/C13H17NO4/c1-13(2,12(17)18)6-7-14-11(16)9-4-3-5-10(15)8-9/h3-5,8,15H,6-7H2,1-2H3,(H,14,16)(H,17,18). The molecule has 18 heavy (non-hydrogen) atoms. The normalized spacial score (nSPS) is 11.0. The molecule has 0 spiro atoms. The molecule has 0 fully saturated rings. The van der Waals surface area contributed by atoms with E-state index < -0.39 is 11.4 Å². The van der Waals surface area contributed by atoms with Crippen LogP contribution >= 0.6 is 0 Å². The van der Waals surface area contributed by atoms with Gasteiger partial charge in [0.1, 0.15) is 5.75 Å². The van der Waals surface area contributed by atoms with Gasteiger partial charge in [-0.3, -0.25) is 9.59 Å². The van der Waals surface area contributed by atoms with Crippen LogP contribution in [0.3, 0.4) is 0 Å². The highest BCUT2D eigenvalue weighted by Crippen LogP contribution is 2.19. The Hall–Kier alpha value is -2.04. The number of carbonyl (C=O) groups is 2. The second kappa shape index (κ2) is 5.53. The predicted molar refractivity (Wildman–Crippen MR) is 66.5 cm³/mol. The van der Waals surface area contributed by atoms with Crippen LogP contribution in [0.15, 0.2) is 24.3 Å². The fourth-order valence-corrected chi connectivity index (χ4v) is 1.34. The minimum absolute atomic E-state index is 0.0218. The van der Waals surface area contributed by atoms with Crippen molar-refractivity contribution in [1.82, 2.24) is 5.32 Å². The fourth-order valence-electron chi connectivity index (χ4n) is 1.34. The van der Waals surface area contributed by atoms with Crippen molar-refractivity contribution in [3.8, 4) is 5.75 Å². The Morgan fingerprint density at radius 1 is 1.33 bits per heavy atom. The Morgan fingerprint density at radius 2 is 2.00 bits per heavy atom. The minimum atomic E-state index is -0.894. The summed E-state index contributed by atoms with van der Waals surface area (Å²) in [7, 11) is 0. The molecule has 1 rings (SSSR count). The van der Waals surface area contributed by atoms with Crippen molar-refractivity contribution in [3.63, 3.8) is 0 Å². The number of aromatic hydroxyl groups is 1. The maximum Gasteiger partial charge on any atom is 0.309 e. The third kappa shape index (κ3) is 3.76. The highest BCUT2D eigenvalue weighted by molar-refractivity contribution is 5.94. The summed E-state index contributed by atoms with van der Waals surface area (Å²) in [5, 5.41) is 20.8. The molecule has 0 atom stereocenters. The molecule has 1 amide bonds. The van der Waals surface area contributed by atoms with Crippen molar-refractivity contribution in [2.24, 2.45) is 5.41 Å². The van der Waals surface area contributed by atoms with Crippen LogP contribution < -0.4 is 5.32 Å². The van der Waals surface area contributed by atoms with E-state index in [4.69, 9.17) is 5.11 Å². The molecule has 3 N–H and O–H groups in total. The number of carboxylic acids is 1. The molecule has 0 unspecified atom stereocenters. The van der Waals surface area contributed by atoms with Gasteiger partial charge in [0.05, 0.1) is 5.41 Å². The maximum absolute atomic E-state index is 11.7. The average molecular weight is 251 g/mol. The van der Waals surface area contributed by atoms with E-state index >= 15 is 0 Å². The van der Waals surface area contributed by atoms with E-state index in [0.717, 1.165) is 0 Å². The highest BCUT2D eigenvalue weighted by atomic mass is 16.4. The topological polar surface area (TPSA) is 86.6 Å². The maximum atomic E-state index is 11.7. The van der Waals surface area contributed by atoms with Crippen molar-refractivity contribution < 1.29 is 19.8 Å². The molecule has 5 heteroatoms. The van der Waals surface area contributed by atoms with Gasteiger partial charge in [0.15, 0.2) is 0 Å². The molecule has 5 nitrogen and oxygen atoms in total. The highest BCUT2D eigenvalue weighted by Gasteiger charge is 2.26. The van der Waals surface area contributed by atoms with Crippen molar-refractivity contribution in [2.45, 2.75) is 20.3 Å². The quantitative estimate of drug-likeness (QED) is 0.742. The lowest BCUT2D eigenvalue weighted by molar-refractivity contribution is -0.147. The van der Waals surface area contributed by atoms with Gasteiger partial charge >= 0.3 is 5.97 Å². The number of carboxylic acid groups (broad SMARTS) is 1. The van der Waals surface area contributed by atoms with Gasteiger partial charge in [0.2, 0.25) is 0 Å². The summed E-state index contributed by atoms with van der Waals surface area (Å²) in [6.07, 6.45) is 0.340. The largest absolute Gasteiger partial charge is 0.508 e. The molecule has 0 aliphatic heterocycles. The molecule has 0 radical (unpaired) electrons. The monoisotopic (exact) mass is 251 g/mol. The van der Waals surface area contributed by atoms with Crippen LogP contribution in [0.25, 0.3) is 0 Å². The van der Waals surface area contributed by atoms with E-state index in [1.165, 1.54) is 12.1 Å². The van der Waals surface area contributed by atoms with Gasteiger partial charge in [0.25, 0.3) is 5.91 Å². The third-order valence-corrected chi connectivity index (χ3v) is 2.72. The molecule has 1 aromatic rings. The first-order valence-corrected chi connectivity index (χ1v) is 5.63. The SMILES string of the molecule is CC(C)(CCNC(=O)c1cccc(O)c1)C(=O)O. The first-order chi connectivity index (χ1) is 8.33. The van der Waals surface area contributed by atoms with Crippen molar-refractivity contribution >= 4 is 11.9 Å². The lowest BCUT2D eigenvalue weighted by Gasteiger charge is -2.18. The van der Waals surface area contributed by atoms with Crippen molar-refractivity contribution in [2.75, 3.05) is 6.54 Å². The molecule has 0 heterocycles. The second-order valence-electron chi connectivity index (χ2n) is 4.75. The third-order valence-electron chi connectivity index (χ3n) is 2.72. The van der Waals surface area contributed by atoms with Crippen LogP contribution in [0.1, 0.15) is 30.6 Å². The molecule has 1 aromatic carbocycles. The van der Waals surface area contributed by atoms with Crippen LogP contribution in [-0.4, -0.2) is 28.6 Å². The lowest BCUT2D eigenvalue weighted by atomic mass is 9.90. The van der Waals surface area contributed by atoms with Gasteiger partial charge in [-0.25, -0.2) is 0 Å². The number of phenols is 1. The minimum Gasteiger partial charge on any atom is -0.508 e. The number of aliphatic carboxylic acids is 1. The van der Waals surface area contributed by atoms with Gasteiger partial charge < -0.3 is 15.5 Å². The Bertz CT molecular complexity index is 454. The summed E-state index contributed by atoms with van der Waals surface area (Å²) in [5.74, 6) is -1.20. The summed E-state index contributed by atoms with van der Waals surface area (Å²) in [4.78, 5) is 22.5. The number of carbonyl (C=O) groups excluding carboxylic acids is 1. The molecule has 0 aliphatic carbocycles. The predicted octanol–water partition coefficient (Wildman–Crippen LogP) is 1.62. The van der Waals surface area contributed by atoms with E-state index in [2.05, 4.69) is 5.32 Å². The molecule has 98 valence electrons. The van der Waals surface area contributed by atoms with Crippen LogP contribution in [0, 0.1) is 5.41 Å². The Labute approximate surface area is 105 Å². The van der Waals surface area contributed by atoms with Crippen LogP contribution in [0.2, 0.25) is 0 Å². The molecule has 0 aromatic heterocycles. The number of hydrogen-bond donors (Lipinski definition) is 3. The summed E-state index contributed by atoms with van der Waals surface area (Å²) in [6.45, 7) is 3.49. The molecule has 0 aliphatic rings. The zero-order valence-corrected chi connectivity index (χ0v) is 10.4. The van der Waals surface area contributed by atoms with Crippen LogP contribution in [-0.2, 0) is 4.79 Å². The van der Waals surface area contributed by atoms with E-state index in [1.807, 2.05) is 0 Å². The Kier molecular flexibility index (Phi) is 4.31. The van der Waals surface area contributed by atoms with Gasteiger partial charge in [-0.1, -0.05) is 6.07 Å². The lowest BCUT2D eigenvalue weighted by Crippen LogP contribution is -2.31. The van der Waals surface area contributed by atoms with E-state index in [0.29, 0.717) is 12.0 Å². The zero-order valence-electron chi connectivity index (χ0n) is 10.4. The Balaban J connectivity index is 2.50. The molecular formula is C13H17NO4. The fraction of sp³-hybridized carbons (Fsp3) is 0.385. The molecule has 0 bridgehead atoms. The second-order valence-corrected chi connectivity index (χ2v) is 4.75. The van der Waals surface area contributed by atoms with E-state index in [1.54, 1.807) is 26.0 Å². The first-order valence-electron chi connectivity index (χ1n) is 5.63. The zero-order chi connectivity index (χ0) is 13.8. The van der Waals surface area contributed by atoms with Gasteiger partial charge in [-0.05, 0) is 38.5 Å². The summed E-state index contributed by atoms with van der Waals surface area (Å²) >= 11 is 0. The number of hydrogen-bond acceptors (Lipinski definition) is 3. The van der Waals surface area contributed by atoms with E-state index in [9.17, 15) is 14.7 Å². The van der Waals surface area contributed by atoms with E-state index in [-0.39, 0.29) is 18.2 Å². The smallest absolute Gasteiger partial charge is 0.309 e. The number of phenolic OH excluding ortho intramolecular Hbond substituents is 1.